The second kappa shape index (κ2) is 6.99. The van der Waals surface area contributed by atoms with E-state index in [9.17, 15) is 14.9 Å². The number of rotatable bonds is 5. The second-order valence-corrected chi connectivity index (χ2v) is 8.80. The molecule has 0 bridgehead atoms. The molecule has 0 aliphatic carbocycles. The average molecular weight is 325 g/mol. The van der Waals surface area contributed by atoms with Crippen LogP contribution in [0.5, 0.6) is 0 Å². The minimum Gasteiger partial charge on any atom is -0.413 e. The van der Waals surface area contributed by atoms with Gasteiger partial charge in [0.2, 0.25) is 0 Å². The summed E-state index contributed by atoms with van der Waals surface area (Å²) in [5, 5.41) is 11.4. The van der Waals surface area contributed by atoms with Crippen molar-refractivity contribution in [2.24, 2.45) is 11.3 Å². The Labute approximate surface area is 131 Å². The molecule has 1 unspecified atom stereocenters. The third kappa shape index (κ3) is 4.36. The SMILES string of the molecule is C[SiH](C)OC(c1ccc(C(=O)NN)cc1[N+](=O)[O-])C(C)(C)C. The second-order valence-electron chi connectivity index (χ2n) is 6.44. The molecular weight excluding hydrogens is 302 g/mol. The molecule has 0 fully saturated rings. The van der Waals surface area contributed by atoms with E-state index in [0.29, 0.717) is 5.56 Å². The smallest absolute Gasteiger partial charge is 0.275 e. The summed E-state index contributed by atoms with van der Waals surface area (Å²) >= 11 is 0. The van der Waals surface area contributed by atoms with Crippen LogP contribution in [0.25, 0.3) is 0 Å². The summed E-state index contributed by atoms with van der Waals surface area (Å²) in [6.45, 7) is 9.94. The van der Waals surface area contributed by atoms with Crippen LogP contribution >= 0.6 is 0 Å². The van der Waals surface area contributed by atoms with Gasteiger partial charge < -0.3 is 4.43 Å². The van der Waals surface area contributed by atoms with Crippen LogP contribution in [0, 0.1) is 15.5 Å². The third-order valence-electron chi connectivity index (χ3n) is 3.10. The van der Waals surface area contributed by atoms with E-state index in [1.165, 1.54) is 12.1 Å². The maximum absolute atomic E-state index is 11.6. The van der Waals surface area contributed by atoms with Gasteiger partial charge in [-0.05, 0) is 30.6 Å². The molecule has 22 heavy (non-hydrogen) atoms. The number of carbonyl (C=O) groups excluding carboxylic acids is 1. The van der Waals surface area contributed by atoms with Crippen LogP contribution in [0.15, 0.2) is 18.2 Å². The van der Waals surface area contributed by atoms with Crippen molar-refractivity contribution in [3.05, 3.63) is 39.4 Å². The Morgan fingerprint density at radius 2 is 2.00 bits per heavy atom. The van der Waals surface area contributed by atoms with Crippen molar-refractivity contribution >= 4 is 20.6 Å². The summed E-state index contributed by atoms with van der Waals surface area (Å²) in [6.07, 6.45) is -0.408. The van der Waals surface area contributed by atoms with Gasteiger partial charge >= 0.3 is 0 Å². The first kappa shape index (κ1) is 18.3. The fourth-order valence-corrected chi connectivity index (χ4v) is 3.26. The minimum atomic E-state index is -1.41. The molecule has 0 radical (unpaired) electrons. The van der Waals surface area contributed by atoms with E-state index >= 15 is 0 Å². The third-order valence-corrected chi connectivity index (χ3v) is 3.91. The van der Waals surface area contributed by atoms with E-state index < -0.39 is 26.0 Å². The van der Waals surface area contributed by atoms with Gasteiger partial charge in [-0.15, -0.1) is 0 Å². The molecular formula is C14H23N3O4Si. The molecule has 1 amide bonds. The van der Waals surface area contributed by atoms with Gasteiger partial charge in [0.15, 0.2) is 9.04 Å². The number of hydrogen-bond acceptors (Lipinski definition) is 5. The van der Waals surface area contributed by atoms with Crippen LogP contribution in [0.2, 0.25) is 13.1 Å². The molecule has 1 aromatic carbocycles. The molecule has 3 N–H and O–H groups in total. The summed E-state index contributed by atoms with van der Waals surface area (Å²) in [7, 11) is -1.41. The van der Waals surface area contributed by atoms with Gasteiger partial charge in [-0.3, -0.25) is 20.3 Å². The van der Waals surface area contributed by atoms with Crippen molar-refractivity contribution in [3.63, 3.8) is 0 Å². The number of nitro groups is 1. The van der Waals surface area contributed by atoms with E-state index in [0.717, 1.165) is 0 Å². The normalized spacial score (nSPS) is 13.0. The molecule has 0 saturated carbocycles. The number of hydrogen-bond donors (Lipinski definition) is 2. The predicted molar refractivity (Wildman–Crippen MR) is 86.9 cm³/mol. The molecule has 0 heterocycles. The highest BCUT2D eigenvalue weighted by Gasteiger charge is 2.33. The molecule has 0 saturated heterocycles. The Bertz CT molecular complexity index is 570. The minimum absolute atomic E-state index is 0.129. The molecule has 1 aromatic rings. The lowest BCUT2D eigenvalue weighted by Crippen LogP contribution is -2.30. The van der Waals surface area contributed by atoms with Gasteiger partial charge in [0, 0.05) is 11.6 Å². The standard InChI is InChI=1S/C14H23N3O4Si/c1-14(2,3)12(21-22(4)5)10-7-6-9(13(18)16-15)8-11(10)17(19)20/h6-8,12,22H,15H2,1-5H3,(H,16,18). The highest BCUT2D eigenvalue weighted by atomic mass is 28.3. The van der Waals surface area contributed by atoms with E-state index in [2.05, 4.69) is 0 Å². The zero-order valence-corrected chi connectivity index (χ0v) is 14.7. The Morgan fingerprint density at radius 3 is 2.41 bits per heavy atom. The number of carbonyl (C=O) groups is 1. The van der Waals surface area contributed by atoms with Crippen LogP contribution in [-0.2, 0) is 4.43 Å². The summed E-state index contributed by atoms with van der Waals surface area (Å²) in [5.74, 6) is 4.51. The van der Waals surface area contributed by atoms with Gasteiger partial charge in [-0.2, -0.15) is 0 Å². The highest BCUT2D eigenvalue weighted by Crippen LogP contribution is 2.40. The van der Waals surface area contributed by atoms with E-state index in [1.807, 2.05) is 39.3 Å². The lowest BCUT2D eigenvalue weighted by molar-refractivity contribution is -0.386. The van der Waals surface area contributed by atoms with Gasteiger partial charge in [0.25, 0.3) is 11.6 Å². The monoisotopic (exact) mass is 325 g/mol. The van der Waals surface area contributed by atoms with Crippen molar-refractivity contribution in [3.8, 4) is 0 Å². The van der Waals surface area contributed by atoms with Gasteiger partial charge in [0.05, 0.1) is 16.6 Å². The van der Waals surface area contributed by atoms with Crippen molar-refractivity contribution in [1.82, 2.24) is 5.43 Å². The molecule has 0 aliphatic rings. The molecule has 0 aromatic heterocycles. The van der Waals surface area contributed by atoms with Crippen molar-refractivity contribution in [2.45, 2.75) is 40.0 Å². The van der Waals surface area contributed by atoms with Crippen LogP contribution in [0.3, 0.4) is 0 Å². The molecule has 7 nitrogen and oxygen atoms in total. The van der Waals surface area contributed by atoms with E-state index in [-0.39, 0.29) is 16.7 Å². The number of nitrogens with one attached hydrogen (secondary N) is 1. The Balaban J connectivity index is 3.42. The molecule has 8 heteroatoms. The Morgan fingerprint density at radius 1 is 1.41 bits per heavy atom. The fraction of sp³-hybridized carbons (Fsp3) is 0.500. The number of nitro benzene ring substituents is 1. The Hall–Kier alpha value is -1.77. The number of nitrogen functional groups attached to an aromatic ring is 1. The van der Waals surface area contributed by atoms with Crippen molar-refractivity contribution in [1.29, 1.82) is 0 Å². The molecule has 122 valence electrons. The van der Waals surface area contributed by atoms with Crippen LogP contribution < -0.4 is 11.3 Å². The maximum Gasteiger partial charge on any atom is 0.275 e. The number of amides is 1. The summed E-state index contributed by atoms with van der Waals surface area (Å²) in [6, 6.07) is 4.34. The van der Waals surface area contributed by atoms with Crippen LogP contribution in [0.1, 0.15) is 42.8 Å². The van der Waals surface area contributed by atoms with E-state index in [1.54, 1.807) is 6.07 Å². The maximum atomic E-state index is 11.6. The largest absolute Gasteiger partial charge is 0.413 e. The van der Waals surface area contributed by atoms with Gasteiger partial charge in [-0.25, -0.2) is 5.84 Å². The highest BCUT2D eigenvalue weighted by molar-refractivity contribution is 6.48. The summed E-state index contributed by atoms with van der Waals surface area (Å²) in [4.78, 5) is 22.5. The van der Waals surface area contributed by atoms with Crippen molar-refractivity contribution < 1.29 is 14.1 Å². The molecule has 0 spiro atoms. The molecule has 1 rings (SSSR count). The first-order chi connectivity index (χ1) is 10.1. The number of benzene rings is 1. The summed E-state index contributed by atoms with van der Waals surface area (Å²) < 4.78 is 6.03. The van der Waals surface area contributed by atoms with Gasteiger partial charge in [-0.1, -0.05) is 20.8 Å². The topological polar surface area (TPSA) is 107 Å². The van der Waals surface area contributed by atoms with Crippen LogP contribution in [0.4, 0.5) is 5.69 Å². The molecule has 0 aliphatic heterocycles. The fourth-order valence-electron chi connectivity index (χ4n) is 2.16. The zero-order chi connectivity index (χ0) is 17.1. The summed E-state index contributed by atoms with van der Waals surface area (Å²) in [5.41, 5.74) is 2.16. The van der Waals surface area contributed by atoms with Crippen molar-refractivity contribution in [2.75, 3.05) is 0 Å². The first-order valence-electron chi connectivity index (χ1n) is 7.02. The number of nitrogens with zero attached hydrogens (tertiary/aromatic N) is 1. The number of hydrazine groups is 1. The predicted octanol–water partition coefficient (Wildman–Crippen LogP) is 2.29. The number of nitrogens with two attached hydrogens (primary N) is 1. The first-order valence-corrected chi connectivity index (χ1v) is 9.80. The van der Waals surface area contributed by atoms with Gasteiger partial charge in [0.1, 0.15) is 0 Å². The Kier molecular flexibility index (Phi) is 5.81. The lowest BCUT2D eigenvalue weighted by Gasteiger charge is -2.32. The zero-order valence-electron chi connectivity index (χ0n) is 13.5. The lowest BCUT2D eigenvalue weighted by atomic mass is 9.84. The average Bonchev–Trinajstić information content (AvgIpc) is 2.42. The van der Waals surface area contributed by atoms with E-state index in [4.69, 9.17) is 10.3 Å². The van der Waals surface area contributed by atoms with Crippen LogP contribution in [-0.4, -0.2) is 19.9 Å². The molecule has 1 atom stereocenters. The quantitative estimate of drug-likeness (QED) is 0.284.